The van der Waals surface area contributed by atoms with E-state index in [9.17, 15) is 19.8 Å². The Labute approximate surface area is 226 Å². The minimum Gasteiger partial charge on any atom is -0.508 e. The van der Waals surface area contributed by atoms with Gasteiger partial charge in [0.05, 0.1) is 19.3 Å². The molecule has 4 rings (SSSR count). The van der Waals surface area contributed by atoms with Crippen LogP contribution in [0.25, 0.3) is 11.1 Å². The van der Waals surface area contributed by atoms with Gasteiger partial charge in [-0.3, -0.25) is 14.8 Å². The van der Waals surface area contributed by atoms with Crippen LogP contribution in [0.4, 0.5) is 0 Å². The Kier molecular flexibility index (Phi) is 10.5. The minimum atomic E-state index is -1.19. The van der Waals surface area contributed by atoms with Crippen molar-refractivity contribution < 1.29 is 29.6 Å². The zero-order valence-corrected chi connectivity index (χ0v) is 22.2. The maximum Gasteiger partial charge on any atom is 0.339 e. The van der Waals surface area contributed by atoms with Gasteiger partial charge in [0.25, 0.3) is 0 Å². The van der Waals surface area contributed by atoms with Crippen molar-refractivity contribution >= 4 is 24.3 Å². The Bertz CT molecular complexity index is 1260. The Morgan fingerprint density at radius 1 is 1.13 bits per heavy atom. The summed E-state index contributed by atoms with van der Waals surface area (Å²) in [5, 5.41) is 36.3. The highest BCUT2D eigenvalue weighted by atomic mass is 32.2. The number of carboxylic acid groups (broad SMARTS) is 1. The first-order valence-electron chi connectivity index (χ1n) is 12.1. The number of ether oxygens (including phenoxy) is 1. The Morgan fingerprint density at radius 3 is 2.47 bits per heavy atom. The molecule has 0 spiro atoms. The van der Waals surface area contributed by atoms with Crippen molar-refractivity contribution in [3.8, 4) is 22.6 Å². The zero-order valence-electron chi connectivity index (χ0n) is 21.4. The second-order valence-electron chi connectivity index (χ2n) is 8.96. The fourth-order valence-corrected chi connectivity index (χ4v) is 4.56. The molecule has 38 heavy (non-hydrogen) atoms. The van der Waals surface area contributed by atoms with Crippen LogP contribution in [0.2, 0.25) is 0 Å². The van der Waals surface area contributed by atoms with Crippen molar-refractivity contribution in [3.05, 3.63) is 76.9 Å². The molecule has 3 aromatic carbocycles. The maximum atomic E-state index is 10.6. The number of nitrogens with one attached hydrogen (secondary N) is 1. The smallest absolute Gasteiger partial charge is 0.339 e. The zero-order chi connectivity index (χ0) is 27.7. The summed E-state index contributed by atoms with van der Waals surface area (Å²) < 4.78 is 5.39. The molecular weight excluding hydrogens is 506 g/mol. The molecule has 0 saturated carbocycles. The molecule has 1 unspecified atom stereocenters. The summed E-state index contributed by atoms with van der Waals surface area (Å²) in [5.74, 6) is -1.18. The average molecular weight is 540 g/mol. The molecule has 1 aliphatic rings. The van der Waals surface area contributed by atoms with Crippen LogP contribution < -0.4 is 10.5 Å². The van der Waals surface area contributed by atoms with Gasteiger partial charge in [0, 0.05) is 24.5 Å². The van der Waals surface area contributed by atoms with E-state index in [4.69, 9.17) is 15.0 Å². The number of aryl methyl sites for hydroxylation is 1. The molecule has 1 heterocycles. The Morgan fingerprint density at radius 2 is 1.87 bits per heavy atom. The van der Waals surface area contributed by atoms with Crippen LogP contribution in [0.1, 0.15) is 40.0 Å². The molecule has 1 saturated heterocycles. The number of rotatable bonds is 8. The number of phenols is 2. The molecule has 3 aromatic rings. The molecule has 0 radical (unpaired) electrons. The molecule has 1 fully saturated rings. The predicted molar refractivity (Wildman–Crippen MR) is 147 cm³/mol. The number of carbonyl (C=O) groups excluding carboxylic acids is 1. The molecule has 0 aromatic heterocycles. The number of hydrogen-bond acceptors (Lipinski definition) is 8. The lowest BCUT2D eigenvalue weighted by atomic mass is 9.98. The van der Waals surface area contributed by atoms with Gasteiger partial charge in [-0.25, -0.2) is 4.79 Å². The quantitative estimate of drug-likeness (QED) is 0.211. The monoisotopic (exact) mass is 539 g/mol. The van der Waals surface area contributed by atoms with Crippen molar-refractivity contribution in [2.75, 3.05) is 26.3 Å². The minimum absolute atomic E-state index is 0.156. The number of benzene rings is 3. The van der Waals surface area contributed by atoms with Gasteiger partial charge in [-0.1, -0.05) is 12.1 Å². The molecule has 1 amide bonds. The lowest BCUT2D eigenvalue weighted by Crippen LogP contribution is -2.35. The topological polar surface area (TPSA) is 145 Å². The third kappa shape index (κ3) is 7.96. The van der Waals surface area contributed by atoms with Gasteiger partial charge < -0.3 is 25.4 Å². The first-order valence-corrected chi connectivity index (χ1v) is 13.0. The molecule has 0 aliphatic carbocycles. The molecule has 10 heteroatoms. The van der Waals surface area contributed by atoms with E-state index < -0.39 is 5.97 Å². The largest absolute Gasteiger partial charge is 0.508 e. The number of phenolic OH excluding ortho intramolecular Hbond substituents is 1. The number of aromatic hydroxyl groups is 2. The summed E-state index contributed by atoms with van der Waals surface area (Å²) in [4.78, 5) is 24.2. The van der Waals surface area contributed by atoms with Gasteiger partial charge >= 0.3 is 5.97 Å². The van der Waals surface area contributed by atoms with Gasteiger partial charge in [-0.15, -0.1) is 0 Å². The van der Waals surface area contributed by atoms with Crippen LogP contribution in [0.5, 0.6) is 11.5 Å². The van der Waals surface area contributed by atoms with E-state index in [1.807, 2.05) is 18.2 Å². The SMILES string of the molecule is CC(NC=O)c1ccc(C(=O)O)c(O)c1.Cc1cc(SN)ccc1-c1cc(O)cc(CN2CCOCC2)c1. The number of aromatic carboxylic acids is 1. The summed E-state index contributed by atoms with van der Waals surface area (Å²) in [6, 6.07) is 15.9. The van der Waals surface area contributed by atoms with Crippen LogP contribution >= 0.6 is 11.9 Å². The average Bonchev–Trinajstić information content (AvgIpc) is 2.89. The third-order valence-electron chi connectivity index (χ3n) is 6.20. The third-order valence-corrected chi connectivity index (χ3v) is 6.73. The lowest BCUT2D eigenvalue weighted by Gasteiger charge is -2.26. The van der Waals surface area contributed by atoms with Gasteiger partial charge in [-0.05, 0) is 96.1 Å². The van der Waals surface area contributed by atoms with E-state index >= 15 is 0 Å². The summed E-state index contributed by atoms with van der Waals surface area (Å²) in [7, 11) is 0. The Balaban J connectivity index is 0.000000232. The van der Waals surface area contributed by atoms with E-state index in [0.717, 1.165) is 60.0 Å². The van der Waals surface area contributed by atoms with E-state index in [-0.39, 0.29) is 17.4 Å². The number of carboxylic acids is 1. The van der Waals surface area contributed by atoms with Crippen molar-refractivity contribution in [1.82, 2.24) is 10.2 Å². The lowest BCUT2D eigenvalue weighted by molar-refractivity contribution is -0.110. The van der Waals surface area contributed by atoms with Gasteiger partial charge in [0.15, 0.2) is 0 Å². The van der Waals surface area contributed by atoms with Crippen LogP contribution in [-0.4, -0.2) is 58.9 Å². The number of nitrogens with two attached hydrogens (primary N) is 1. The molecule has 6 N–H and O–H groups in total. The van der Waals surface area contributed by atoms with E-state index in [0.29, 0.717) is 17.7 Å². The van der Waals surface area contributed by atoms with E-state index in [1.165, 1.54) is 24.1 Å². The second-order valence-corrected chi connectivity index (χ2v) is 9.67. The normalized spacial score (nSPS) is 14.2. The number of morpholine rings is 1. The van der Waals surface area contributed by atoms with Crippen molar-refractivity contribution in [2.24, 2.45) is 5.14 Å². The number of amides is 1. The molecular formula is C28H33N3O6S. The van der Waals surface area contributed by atoms with Crippen LogP contribution in [0.15, 0.2) is 59.5 Å². The fraction of sp³-hybridized carbons (Fsp3) is 0.286. The fourth-order valence-electron chi connectivity index (χ4n) is 4.17. The first-order chi connectivity index (χ1) is 18.2. The summed E-state index contributed by atoms with van der Waals surface area (Å²) >= 11 is 1.25. The number of carbonyl (C=O) groups is 2. The van der Waals surface area contributed by atoms with Crippen molar-refractivity contribution in [3.63, 3.8) is 0 Å². The van der Waals surface area contributed by atoms with Gasteiger partial charge in [-0.2, -0.15) is 0 Å². The summed E-state index contributed by atoms with van der Waals surface area (Å²) in [6.07, 6.45) is 0.548. The highest BCUT2D eigenvalue weighted by Gasteiger charge is 2.14. The Hall–Kier alpha value is -3.57. The standard InChI is InChI=1S/C18H22N2O2S.C10H11NO4/c1-13-8-17(23-19)2-3-18(13)15-9-14(10-16(21)11-15)12-20-4-6-22-7-5-20;1-6(11-5-12)7-2-3-8(10(14)15)9(13)4-7/h2-3,8-11,21H,4-7,12,19H2,1H3;2-6,13H,1H3,(H,11,12)(H,14,15). The van der Waals surface area contributed by atoms with Gasteiger partial charge in [0.2, 0.25) is 6.41 Å². The molecule has 1 aliphatic heterocycles. The van der Waals surface area contributed by atoms with Crippen molar-refractivity contribution in [2.45, 2.75) is 31.3 Å². The van der Waals surface area contributed by atoms with Crippen LogP contribution in [0.3, 0.4) is 0 Å². The molecule has 0 bridgehead atoms. The second kappa shape index (κ2) is 13.8. The van der Waals surface area contributed by atoms with Gasteiger partial charge in [0.1, 0.15) is 17.1 Å². The van der Waals surface area contributed by atoms with Crippen LogP contribution in [0, 0.1) is 6.92 Å². The van der Waals surface area contributed by atoms with E-state index in [1.54, 1.807) is 13.0 Å². The van der Waals surface area contributed by atoms with E-state index in [2.05, 4.69) is 35.3 Å². The van der Waals surface area contributed by atoms with Crippen LogP contribution in [-0.2, 0) is 16.1 Å². The highest BCUT2D eigenvalue weighted by Crippen LogP contribution is 2.30. The molecule has 9 nitrogen and oxygen atoms in total. The number of hydrogen-bond donors (Lipinski definition) is 5. The number of nitrogens with zero attached hydrogens (tertiary/aromatic N) is 1. The summed E-state index contributed by atoms with van der Waals surface area (Å²) in [6.45, 7) is 8.07. The highest BCUT2D eigenvalue weighted by molar-refractivity contribution is 7.97. The maximum absolute atomic E-state index is 10.6. The molecule has 202 valence electrons. The molecule has 1 atom stereocenters. The first kappa shape index (κ1) is 29.0. The summed E-state index contributed by atoms with van der Waals surface area (Å²) in [5.41, 5.74) is 4.94. The predicted octanol–water partition coefficient (Wildman–Crippen LogP) is 4.06. The van der Waals surface area contributed by atoms with Crippen molar-refractivity contribution in [1.29, 1.82) is 0 Å².